The van der Waals surface area contributed by atoms with Gasteiger partial charge in [-0.3, -0.25) is 5.10 Å². The molecule has 2 heterocycles. The number of nitrogens with one attached hydrogen (secondary N) is 1. The Morgan fingerprint density at radius 1 is 1.44 bits per heavy atom. The third-order valence-electron chi connectivity index (χ3n) is 2.58. The summed E-state index contributed by atoms with van der Waals surface area (Å²) in [6, 6.07) is 7.65. The number of nitrogens with zero attached hydrogens (tertiary/aromatic N) is 1. The van der Waals surface area contributed by atoms with E-state index in [-0.39, 0.29) is 5.69 Å². The van der Waals surface area contributed by atoms with E-state index in [9.17, 15) is 4.79 Å². The van der Waals surface area contributed by atoms with Gasteiger partial charge in [0.15, 0.2) is 11.4 Å². The van der Waals surface area contributed by atoms with Crippen LogP contribution in [-0.4, -0.2) is 21.3 Å². The van der Waals surface area contributed by atoms with Crippen molar-refractivity contribution in [2.45, 2.75) is 6.61 Å². The highest BCUT2D eigenvalue weighted by Crippen LogP contribution is 2.37. The predicted molar refractivity (Wildman–Crippen MR) is 55.3 cm³/mol. The van der Waals surface area contributed by atoms with Crippen LogP contribution in [0.25, 0.3) is 11.3 Å². The molecule has 1 aliphatic heterocycles. The molecule has 0 saturated carbocycles. The second-order valence-electron chi connectivity index (χ2n) is 3.53. The Morgan fingerprint density at radius 2 is 2.25 bits per heavy atom. The lowest BCUT2D eigenvalue weighted by Gasteiger charge is -2.16. The molecule has 0 spiro atoms. The van der Waals surface area contributed by atoms with Gasteiger partial charge in [-0.2, -0.15) is 5.10 Å². The van der Waals surface area contributed by atoms with E-state index in [0.29, 0.717) is 18.1 Å². The van der Waals surface area contributed by atoms with Crippen LogP contribution >= 0.6 is 0 Å². The van der Waals surface area contributed by atoms with Gasteiger partial charge in [0.25, 0.3) is 0 Å². The molecule has 0 fully saturated rings. The molecule has 16 heavy (non-hydrogen) atoms. The second kappa shape index (κ2) is 3.10. The molecular weight excluding hydrogens is 208 g/mol. The first-order valence-electron chi connectivity index (χ1n) is 4.80. The number of carboxylic acid groups (broad SMARTS) is 1. The van der Waals surface area contributed by atoms with Gasteiger partial charge in [-0.1, -0.05) is 24.3 Å². The minimum absolute atomic E-state index is 0.00417. The summed E-state index contributed by atoms with van der Waals surface area (Å²) in [6.45, 7) is 0.378. The van der Waals surface area contributed by atoms with Gasteiger partial charge < -0.3 is 9.84 Å². The van der Waals surface area contributed by atoms with Crippen LogP contribution in [0.3, 0.4) is 0 Å². The third kappa shape index (κ3) is 1.11. The van der Waals surface area contributed by atoms with E-state index in [0.717, 1.165) is 11.1 Å². The smallest absolute Gasteiger partial charge is 0.357 e. The SMILES string of the molecule is O=C(O)c1[nH]nc2c1OCc1ccccc1-2. The number of aromatic amines is 1. The summed E-state index contributed by atoms with van der Waals surface area (Å²) in [6.07, 6.45) is 0. The number of carbonyl (C=O) groups is 1. The molecule has 1 aromatic carbocycles. The molecule has 0 saturated heterocycles. The third-order valence-corrected chi connectivity index (χ3v) is 2.58. The Bertz CT molecular complexity index is 574. The first-order chi connectivity index (χ1) is 7.77. The number of aromatic nitrogens is 2. The fraction of sp³-hybridized carbons (Fsp3) is 0.0909. The largest absolute Gasteiger partial charge is 0.484 e. The summed E-state index contributed by atoms with van der Waals surface area (Å²) < 4.78 is 5.41. The van der Waals surface area contributed by atoms with Gasteiger partial charge in [-0.05, 0) is 5.56 Å². The number of hydrogen-bond acceptors (Lipinski definition) is 3. The van der Waals surface area contributed by atoms with E-state index < -0.39 is 5.97 Å². The van der Waals surface area contributed by atoms with Crippen molar-refractivity contribution in [3.8, 4) is 17.0 Å². The number of benzene rings is 1. The zero-order chi connectivity index (χ0) is 11.1. The minimum atomic E-state index is -1.06. The molecule has 0 unspecified atom stereocenters. The van der Waals surface area contributed by atoms with Crippen LogP contribution in [0.5, 0.6) is 5.75 Å². The standard InChI is InChI=1S/C11H8N2O3/c14-11(15)9-10-8(12-13-9)7-4-2-1-3-6(7)5-16-10/h1-4H,5H2,(H,12,13)(H,14,15). The second-order valence-corrected chi connectivity index (χ2v) is 3.53. The molecule has 0 amide bonds. The average Bonchev–Trinajstić information content (AvgIpc) is 2.73. The molecule has 5 nitrogen and oxygen atoms in total. The highest BCUT2D eigenvalue weighted by molar-refractivity contribution is 5.92. The van der Waals surface area contributed by atoms with E-state index in [1.807, 2.05) is 24.3 Å². The number of hydrogen-bond donors (Lipinski definition) is 2. The minimum Gasteiger partial charge on any atom is -0.484 e. The van der Waals surface area contributed by atoms with E-state index >= 15 is 0 Å². The Balaban J connectivity index is 2.23. The molecule has 2 N–H and O–H groups in total. The maximum atomic E-state index is 10.9. The summed E-state index contributed by atoms with van der Waals surface area (Å²) in [5.74, 6) is -0.737. The van der Waals surface area contributed by atoms with Crippen molar-refractivity contribution in [2.75, 3.05) is 0 Å². The normalized spacial score (nSPS) is 12.5. The zero-order valence-corrected chi connectivity index (χ0v) is 8.23. The number of fused-ring (bicyclic) bond motifs is 3. The number of H-pyrrole nitrogens is 1. The van der Waals surface area contributed by atoms with Crippen molar-refractivity contribution < 1.29 is 14.6 Å². The summed E-state index contributed by atoms with van der Waals surface area (Å²) in [4.78, 5) is 10.9. The lowest BCUT2D eigenvalue weighted by molar-refractivity contribution is 0.0685. The fourth-order valence-electron chi connectivity index (χ4n) is 1.83. The first kappa shape index (κ1) is 8.96. The Morgan fingerprint density at radius 3 is 3.06 bits per heavy atom. The van der Waals surface area contributed by atoms with Gasteiger partial charge >= 0.3 is 5.97 Å². The molecular formula is C11H8N2O3. The lowest BCUT2D eigenvalue weighted by Crippen LogP contribution is -2.07. The van der Waals surface area contributed by atoms with Gasteiger partial charge in [-0.25, -0.2) is 4.79 Å². The number of ether oxygens (including phenoxy) is 1. The molecule has 0 bridgehead atoms. The van der Waals surface area contributed by atoms with Crippen molar-refractivity contribution in [1.82, 2.24) is 10.2 Å². The monoisotopic (exact) mass is 216 g/mol. The van der Waals surface area contributed by atoms with Crippen molar-refractivity contribution in [2.24, 2.45) is 0 Å². The van der Waals surface area contributed by atoms with Gasteiger partial charge in [0.05, 0.1) is 0 Å². The van der Waals surface area contributed by atoms with Crippen LogP contribution in [0.15, 0.2) is 24.3 Å². The predicted octanol–water partition coefficient (Wildman–Crippen LogP) is 1.67. The molecule has 80 valence electrons. The van der Waals surface area contributed by atoms with Gasteiger partial charge in [-0.15, -0.1) is 0 Å². The highest BCUT2D eigenvalue weighted by atomic mass is 16.5. The van der Waals surface area contributed by atoms with Crippen molar-refractivity contribution in [3.05, 3.63) is 35.5 Å². The molecule has 0 radical (unpaired) electrons. The van der Waals surface area contributed by atoms with Crippen molar-refractivity contribution >= 4 is 5.97 Å². The number of rotatable bonds is 1. The van der Waals surface area contributed by atoms with Crippen molar-refractivity contribution in [1.29, 1.82) is 0 Å². The van der Waals surface area contributed by atoms with E-state index in [4.69, 9.17) is 9.84 Å². The molecule has 2 aromatic rings. The van der Waals surface area contributed by atoms with Crippen LogP contribution in [0.2, 0.25) is 0 Å². The maximum absolute atomic E-state index is 10.9. The Labute approximate surface area is 90.7 Å². The molecule has 5 heteroatoms. The van der Waals surface area contributed by atoms with Crippen LogP contribution in [0, 0.1) is 0 Å². The van der Waals surface area contributed by atoms with E-state index in [2.05, 4.69) is 10.2 Å². The van der Waals surface area contributed by atoms with Crippen LogP contribution in [0.1, 0.15) is 16.1 Å². The summed E-state index contributed by atoms with van der Waals surface area (Å²) in [5, 5.41) is 15.4. The van der Waals surface area contributed by atoms with Crippen LogP contribution in [-0.2, 0) is 6.61 Å². The summed E-state index contributed by atoms with van der Waals surface area (Å²) in [7, 11) is 0. The van der Waals surface area contributed by atoms with Gasteiger partial charge in [0.2, 0.25) is 0 Å². The molecule has 1 aliphatic rings. The maximum Gasteiger partial charge on any atom is 0.357 e. The van der Waals surface area contributed by atoms with Crippen LogP contribution in [0.4, 0.5) is 0 Å². The summed E-state index contributed by atoms with van der Waals surface area (Å²) >= 11 is 0. The molecule has 3 rings (SSSR count). The molecule has 1 aromatic heterocycles. The fourth-order valence-corrected chi connectivity index (χ4v) is 1.83. The first-order valence-corrected chi connectivity index (χ1v) is 4.80. The highest BCUT2D eigenvalue weighted by Gasteiger charge is 2.26. The Hall–Kier alpha value is -2.30. The quantitative estimate of drug-likeness (QED) is 0.760. The summed E-state index contributed by atoms with van der Waals surface area (Å²) in [5.41, 5.74) is 2.51. The topological polar surface area (TPSA) is 75.2 Å². The molecule has 0 atom stereocenters. The van der Waals surface area contributed by atoms with Gasteiger partial charge in [0, 0.05) is 5.56 Å². The van der Waals surface area contributed by atoms with Crippen molar-refractivity contribution in [3.63, 3.8) is 0 Å². The Kier molecular flexibility index (Phi) is 1.73. The van der Waals surface area contributed by atoms with E-state index in [1.54, 1.807) is 0 Å². The lowest BCUT2D eigenvalue weighted by atomic mass is 10.0. The number of carboxylic acids is 1. The van der Waals surface area contributed by atoms with E-state index in [1.165, 1.54) is 0 Å². The average molecular weight is 216 g/mol. The molecule has 0 aliphatic carbocycles. The number of aromatic carboxylic acids is 1. The zero-order valence-electron chi connectivity index (χ0n) is 8.23. The van der Waals surface area contributed by atoms with Crippen LogP contribution < -0.4 is 4.74 Å². The van der Waals surface area contributed by atoms with Gasteiger partial charge in [0.1, 0.15) is 12.3 Å².